The van der Waals surface area contributed by atoms with Gasteiger partial charge in [0.05, 0.1) is 42.6 Å². The molecule has 2 N–H and O–H groups in total. The van der Waals surface area contributed by atoms with Crippen LogP contribution in [0.25, 0.3) is 10.1 Å². The first-order chi connectivity index (χ1) is 20.5. The number of carboxylic acids is 2. The van der Waals surface area contributed by atoms with Crippen LogP contribution in [0.15, 0.2) is 30.3 Å². The Kier molecular flexibility index (Phi) is 9.93. The number of benzene rings is 2. The number of thiophene rings is 1. The highest BCUT2D eigenvalue weighted by Gasteiger charge is 2.27. The third kappa shape index (κ3) is 7.45. The summed E-state index contributed by atoms with van der Waals surface area (Å²) in [6, 6.07) is 9.00. The maximum atomic E-state index is 12.6. The molecule has 4 rings (SSSR count). The molecule has 1 aliphatic heterocycles. The number of hydrogen-bond donors (Lipinski definition) is 2. The van der Waals surface area contributed by atoms with E-state index in [4.69, 9.17) is 30.8 Å². The summed E-state index contributed by atoms with van der Waals surface area (Å²) in [7, 11) is 1.53. The third-order valence-electron chi connectivity index (χ3n) is 7.23. The molecule has 226 valence electrons. The lowest BCUT2D eigenvalue weighted by Crippen LogP contribution is -2.28. The van der Waals surface area contributed by atoms with Gasteiger partial charge in [-0.25, -0.2) is 0 Å². The van der Waals surface area contributed by atoms with Gasteiger partial charge in [-0.3, -0.25) is 19.2 Å². The van der Waals surface area contributed by atoms with E-state index in [1.807, 2.05) is 12.1 Å². The molecule has 1 aliphatic rings. The smallest absolute Gasteiger partial charge is 0.306 e. The summed E-state index contributed by atoms with van der Waals surface area (Å²) in [5, 5.41) is 19.0. The molecule has 0 unspecified atom stereocenters. The van der Waals surface area contributed by atoms with Crippen LogP contribution in [0.1, 0.15) is 59.5 Å². The highest BCUT2D eigenvalue weighted by atomic mass is 32.1. The number of aliphatic carboxylic acids is 2. The number of carbonyl (C=O) groups excluding carboxylic acids is 2. The number of ether oxygens (including phenoxy) is 3. The van der Waals surface area contributed by atoms with E-state index in [9.17, 15) is 19.2 Å². The summed E-state index contributed by atoms with van der Waals surface area (Å²) in [6.45, 7) is 4.38. The Labute approximate surface area is 253 Å². The van der Waals surface area contributed by atoms with E-state index in [-0.39, 0.29) is 24.5 Å². The highest BCUT2D eigenvalue weighted by molar-refractivity contribution is 7.20. The fraction of sp³-hybridized carbons (Fsp3) is 0.375. The number of carbonyl (C=O) groups is 4. The number of Topliss-reactive ketones (excluding diaryl/α,β-unsaturated/α-hetero) is 1. The molecule has 2 heterocycles. The molecule has 0 radical (unpaired) electrons. The molecule has 43 heavy (non-hydrogen) atoms. The van der Waals surface area contributed by atoms with Crippen molar-refractivity contribution in [3.8, 4) is 29.6 Å². The minimum absolute atomic E-state index is 0.0653. The lowest BCUT2D eigenvalue weighted by Gasteiger charge is -2.16. The average molecular weight is 608 g/mol. The first kappa shape index (κ1) is 31.4. The van der Waals surface area contributed by atoms with Crippen molar-refractivity contribution in [2.45, 2.75) is 46.2 Å². The molecule has 1 aromatic heterocycles. The van der Waals surface area contributed by atoms with E-state index in [1.165, 1.54) is 32.3 Å². The van der Waals surface area contributed by atoms with Gasteiger partial charge in [-0.05, 0) is 40.8 Å². The van der Waals surface area contributed by atoms with Crippen molar-refractivity contribution < 1.29 is 43.6 Å². The summed E-state index contributed by atoms with van der Waals surface area (Å²) in [4.78, 5) is 49.5. The van der Waals surface area contributed by atoms with Gasteiger partial charge in [0.1, 0.15) is 5.75 Å². The van der Waals surface area contributed by atoms with Crippen molar-refractivity contribution in [3.63, 3.8) is 0 Å². The molecule has 2 atom stereocenters. The van der Waals surface area contributed by atoms with E-state index in [2.05, 4.69) is 5.92 Å². The molecule has 0 saturated carbocycles. The second-order valence-corrected chi connectivity index (χ2v) is 11.6. The number of methoxy groups -OCH3 is 1. The second-order valence-electron chi connectivity index (χ2n) is 10.5. The molecule has 11 heteroatoms. The largest absolute Gasteiger partial charge is 0.493 e. The Hall–Kier alpha value is -4.56. The van der Waals surface area contributed by atoms with Crippen LogP contribution >= 0.6 is 11.3 Å². The molecule has 0 fully saturated rings. The zero-order valence-electron chi connectivity index (χ0n) is 24.2. The number of terminal acetylenes is 1. The number of ketones is 1. The second kappa shape index (κ2) is 13.6. The highest BCUT2D eigenvalue weighted by Crippen LogP contribution is 2.37. The predicted octanol–water partition coefficient (Wildman–Crippen LogP) is 4.99. The van der Waals surface area contributed by atoms with Crippen LogP contribution in [0, 0.1) is 24.2 Å². The fourth-order valence-corrected chi connectivity index (χ4v) is 5.68. The maximum absolute atomic E-state index is 12.6. The molecule has 2 aromatic carbocycles. The van der Waals surface area contributed by atoms with E-state index in [0.29, 0.717) is 60.4 Å². The Balaban J connectivity index is 1.34. The molecule has 1 amide bonds. The number of nitrogens with zero attached hydrogens (tertiary/aromatic N) is 1. The molecule has 0 saturated heterocycles. The van der Waals surface area contributed by atoms with Gasteiger partial charge in [-0.2, -0.15) is 0 Å². The van der Waals surface area contributed by atoms with Gasteiger partial charge in [0.25, 0.3) is 0 Å². The van der Waals surface area contributed by atoms with Crippen LogP contribution in [-0.4, -0.2) is 59.1 Å². The van der Waals surface area contributed by atoms with Crippen LogP contribution in [0.2, 0.25) is 0 Å². The standard InChI is InChI=1S/C32H33NO9S/c1-5-20-11-22-16-33(30(35)10-19(3)32(38)39)17-23(22)13-25(20)41-7-6-8-42-27-12-21-14-29(24(34)9-18(2)31(36)37)43-28(21)15-26(27)40-4/h1,11-15,18-19H,6-10,16-17H2,2-4H3,(H,36,37)(H,38,39)/t18-,19-/m0/s1. The number of carboxylic acid groups (broad SMARTS) is 2. The number of amides is 1. The Bertz CT molecular complexity index is 1600. The Morgan fingerprint density at radius 3 is 2.16 bits per heavy atom. The van der Waals surface area contributed by atoms with Gasteiger partial charge in [-0.15, -0.1) is 17.8 Å². The van der Waals surface area contributed by atoms with Crippen LogP contribution in [-0.2, 0) is 27.5 Å². The van der Waals surface area contributed by atoms with E-state index < -0.39 is 23.8 Å². The lowest BCUT2D eigenvalue weighted by molar-refractivity contribution is -0.145. The van der Waals surface area contributed by atoms with Crippen molar-refractivity contribution in [2.24, 2.45) is 11.8 Å². The zero-order chi connectivity index (χ0) is 31.3. The molecule has 0 spiro atoms. The summed E-state index contributed by atoms with van der Waals surface area (Å²) in [5.41, 5.74) is 2.39. The van der Waals surface area contributed by atoms with E-state index in [0.717, 1.165) is 21.2 Å². The third-order valence-corrected chi connectivity index (χ3v) is 8.37. The average Bonchev–Trinajstić information content (AvgIpc) is 3.59. The SMILES string of the molecule is C#Cc1cc2c(cc1OCCCOc1cc3cc(C(=O)C[C@H](C)C(=O)O)sc3cc1OC)CN(C(=O)C[C@H](C)C(=O)O)C2. The molecule has 3 aromatic rings. The first-order valence-corrected chi connectivity index (χ1v) is 14.6. The van der Waals surface area contributed by atoms with E-state index in [1.54, 1.807) is 23.1 Å². The lowest BCUT2D eigenvalue weighted by atomic mass is 10.0. The normalized spacial score (nSPS) is 13.6. The zero-order valence-corrected chi connectivity index (χ0v) is 25.0. The minimum Gasteiger partial charge on any atom is -0.493 e. The molecule has 0 aliphatic carbocycles. The molecular weight excluding hydrogens is 574 g/mol. The Morgan fingerprint density at radius 1 is 0.907 bits per heavy atom. The van der Waals surface area contributed by atoms with Crippen molar-refractivity contribution in [1.29, 1.82) is 0 Å². The molecular formula is C32H33NO9S. The van der Waals surface area contributed by atoms with Crippen LogP contribution < -0.4 is 14.2 Å². The van der Waals surface area contributed by atoms with Gasteiger partial charge < -0.3 is 29.3 Å². The summed E-state index contributed by atoms with van der Waals surface area (Å²) in [5.74, 6) is 0.205. The van der Waals surface area contributed by atoms with Crippen LogP contribution in [0.3, 0.4) is 0 Å². The minimum atomic E-state index is -1.01. The quantitative estimate of drug-likeness (QED) is 0.147. The summed E-state index contributed by atoms with van der Waals surface area (Å²) in [6.07, 6.45) is 6.11. The van der Waals surface area contributed by atoms with Crippen molar-refractivity contribution >= 4 is 45.1 Å². The maximum Gasteiger partial charge on any atom is 0.306 e. The van der Waals surface area contributed by atoms with Crippen LogP contribution in [0.4, 0.5) is 0 Å². The monoisotopic (exact) mass is 607 g/mol. The van der Waals surface area contributed by atoms with Gasteiger partial charge in [0.15, 0.2) is 17.3 Å². The molecule has 0 bridgehead atoms. The van der Waals surface area contributed by atoms with Gasteiger partial charge in [0.2, 0.25) is 5.91 Å². The van der Waals surface area contributed by atoms with Crippen molar-refractivity contribution in [1.82, 2.24) is 4.90 Å². The Morgan fingerprint density at radius 2 is 1.53 bits per heavy atom. The van der Waals surface area contributed by atoms with Crippen LogP contribution in [0.5, 0.6) is 17.2 Å². The number of rotatable bonds is 14. The fourth-order valence-electron chi connectivity index (χ4n) is 4.66. The van der Waals surface area contributed by atoms with E-state index >= 15 is 0 Å². The van der Waals surface area contributed by atoms with Gasteiger partial charge in [0, 0.05) is 43.1 Å². The topological polar surface area (TPSA) is 140 Å². The first-order valence-electron chi connectivity index (χ1n) is 13.8. The molecule has 10 nitrogen and oxygen atoms in total. The van der Waals surface area contributed by atoms with Crippen molar-refractivity contribution in [3.05, 3.63) is 51.9 Å². The van der Waals surface area contributed by atoms with Gasteiger partial charge >= 0.3 is 11.9 Å². The summed E-state index contributed by atoms with van der Waals surface area (Å²) >= 11 is 1.28. The summed E-state index contributed by atoms with van der Waals surface area (Å²) < 4.78 is 18.3. The number of hydrogen-bond acceptors (Lipinski definition) is 8. The van der Waals surface area contributed by atoms with Crippen molar-refractivity contribution in [2.75, 3.05) is 20.3 Å². The van der Waals surface area contributed by atoms with Gasteiger partial charge in [-0.1, -0.05) is 19.8 Å². The predicted molar refractivity (Wildman–Crippen MR) is 160 cm³/mol. The number of fused-ring (bicyclic) bond motifs is 2.